The summed E-state index contributed by atoms with van der Waals surface area (Å²) in [4.78, 5) is 23.1. The molecule has 7 nitrogen and oxygen atoms in total. The predicted octanol–water partition coefficient (Wildman–Crippen LogP) is 0.775. The molecule has 2 amide bonds. The van der Waals surface area contributed by atoms with Gasteiger partial charge >= 0.3 is 6.09 Å². The molecule has 0 fully saturated rings. The molecule has 0 aliphatic rings. The van der Waals surface area contributed by atoms with Crippen molar-refractivity contribution in [2.75, 3.05) is 11.5 Å². The van der Waals surface area contributed by atoms with Gasteiger partial charge in [-0.15, -0.1) is 0 Å². The second kappa shape index (κ2) is 10.9. The van der Waals surface area contributed by atoms with Crippen LogP contribution in [0.1, 0.15) is 18.9 Å². The zero-order valence-electron chi connectivity index (χ0n) is 13.0. The summed E-state index contributed by atoms with van der Waals surface area (Å²) in [5.41, 5.74) is 10.7. The van der Waals surface area contributed by atoms with E-state index in [-0.39, 0.29) is 6.61 Å². The van der Waals surface area contributed by atoms with Gasteiger partial charge in [-0.05, 0) is 17.7 Å². The van der Waals surface area contributed by atoms with Crippen LogP contribution in [0.4, 0.5) is 4.79 Å². The number of amides is 2. The maximum absolute atomic E-state index is 11.7. The van der Waals surface area contributed by atoms with Crippen LogP contribution in [0.25, 0.3) is 0 Å². The summed E-state index contributed by atoms with van der Waals surface area (Å²) in [5, 5.41) is 9.76. The zero-order chi connectivity index (χ0) is 17.1. The molecule has 5 N–H and O–H groups in total. The maximum atomic E-state index is 11.7. The number of carbonyl (C=O) groups excluding carboxylic acids is 2. The fraction of sp³-hybridized carbons (Fsp3) is 0.467. The van der Waals surface area contributed by atoms with E-state index in [1.165, 1.54) is 0 Å². The Morgan fingerprint density at radius 3 is 2.65 bits per heavy atom. The smallest absolute Gasteiger partial charge is 0.426 e. The van der Waals surface area contributed by atoms with Crippen molar-refractivity contribution < 1.29 is 19.4 Å². The number of aliphatic hydroxyl groups excluding tert-OH is 1. The Kier molecular flexibility index (Phi) is 9.11. The molecule has 1 aromatic carbocycles. The van der Waals surface area contributed by atoms with E-state index in [9.17, 15) is 14.7 Å². The highest BCUT2D eigenvalue weighted by atomic mass is 32.2. The number of hydrogen-bond donors (Lipinski definition) is 4. The number of rotatable bonds is 8. The van der Waals surface area contributed by atoms with Crippen LogP contribution in [0.2, 0.25) is 0 Å². The van der Waals surface area contributed by atoms with Crippen LogP contribution in [0.3, 0.4) is 0 Å². The van der Waals surface area contributed by atoms with Gasteiger partial charge in [0.25, 0.3) is 5.91 Å². The molecule has 0 aliphatic heterocycles. The third-order valence-corrected chi connectivity index (χ3v) is 4.15. The average molecular weight is 341 g/mol. The van der Waals surface area contributed by atoms with E-state index in [0.717, 1.165) is 17.7 Å². The highest BCUT2D eigenvalue weighted by Gasteiger charge is 2.23. The standard InChI is InChI=1S/C15H23N3O4S/c1-2-8-23-10-12(16)13(19)14(20)17-18-15(21)22-9-11-6-4-3-5-7-11/h3-7,12-13,19H,2,8-10,16H2,1H3,(H,17,20)(H,18,21)/t12-,13?/m1/s1. The molecule has 1 rings (SSSR count). The van der Waals surface area contributed by atoms with Crippen molar-refractivity contribution in [2.45, 2.75) is 32.1 Å². The summed E-state index contributed by atoms with van der Waals surface area (Å²) in [7, 11) is 0. The second-order valence-corrected chi connectivity index (χ2v) is 6.01. The lowest BCUT2D eigenvalue weighted by molar-refractivity contribution is -0.130. The van der Waals surface area contributed by atoms with Crippen LogP contribution in [0.5, 0.6) is 0 Å². The molecule has 0 saturated heterocycles. The van der Waals surface area contributed by atoms with Crippen LogP contribution in [0.15, 0.2) is 30.3 Å². The Bertz CT molecular complexity index is 487. The third kappa shape index (κ3) is 7.87. The minimum absolute atomic E-state index is 0.0816. The minimum atomic E-state index is -1.39. The molecule has 128 valence electrons. The first-order chi connectivity index (χ1) is 11.0. The van der Waals surface area contributed by atoms with Crippen LogP contribution in [0, 0.1) is 0 Å². The van der Waals surface area contributed by atoms with E-state index in [1.54, 1.807) is 11.8 Å². The normalized spacial score (nSPS) is 13.0. The monoisotopic (exact) mass is 341 g/mol. The second-order valence-electron chi connectivity index (χ2n) is 4.86. The molecule has 2 atom stereocenters. The van der Waals surface area contributed by atoms with E-state index in [0.29, 0.717) is 5.75 Å². The summed E-state index contributed by atoms with van der Waals surface area (Å²) < 4.78 is 4.92. The number of ether oxygens (including phenoxy) is 1. The van der Waals surface area contributed by atoms with Crippen molar-refractivity contribution in [3.8, 4) is 0 Å². The van der Waals surface area contributed by atoms with Crippen LogP contribution in [-0.2, 0) is 16.1 Å². The van der Waals surface area contributed by atoms with E-state index in [1.807, 2.05) is 37.3 Å². The molecule has 0 aliphatic carbocycles. The molecule has 0 aromatic heterocycles. The number of carbonyl (C=O) groups is 2. The maximum Gasteiger partial charge on any atom is 0.426 e. The van der Waals surface area contributed by atoms with Gasteiger partial charge in [-0.3, -0.25) is 10.2 Å². The predicted molar refractivity (Wildman–Crippen MR) is 89.5 cm³/mol. The molecular weight excluding hydrogens is 318 g/mol. The first-order valence-electron chi connectivity index (χ1n) is 7.32. The Hall–Kier alpha value is -1.77. The van der Waals surface area contributed by atoms with Gasteiger partial charge in [-0.2, -0.15) is 11.8 Å². The Balaban J connectivity index is 2.24. The molecule has 8 heteroatoms. The van der Waals surface area contributed by atoms with Crippen molar-refractivity contribution >= 4 is 23.8 Å². The van der Waals surface area contributed by atoms with Gasteiger partial charge in [-0.1, -0.05) is 37.3 Å². The van der Waals surface area contributed by atoms with Crippen LogP contribution in [-0.4, -0.2) is 40.8 Å². The van der Waals surface area contributed by atoms with Gasteiger partial charge in [0.2, 0.25) is 0 Å². The summed E-state index contributed by atoms with van der Waals surface area (Å²) in [6.45, 7) is 2.12. The molecule has 1 aromatic rings. The fourth-order valence-corrected chi connectivity index (χ4v) is 2.50. The van der Waals surface area contributed by atoms with Crippen LogP contribution >= 0.6 is 11.8 Å². The van der Waals surface area contributed by atoms with E-state index >= 15 is 0 Å². The number of aliphatic hydroxyl groups is 1. The molecule has 0 heterocycles. The lowest BCUT2D eigenvalue weighted by Crippen LogP contribution is -2.52. The Morgan fingerprint density at radius 2 is 2.00 bits per heavy atom. The summed E-state index contributed by atoms with van der Waals surface area (Å²) in [6, 6.07) is 8.42. The number of nitrogens with one attached hydrogen (secondary N) is 2. The summed E-state index contributed by atoms with van der Waals surface area (Å²) in [6.07, 6.45) is -1.22. The van der Waals surface area contributed by atoms with Crippen molar-refractivity contribution in [1.29, 1.82) is 0 Å². The lowest BCUT2D eigenvalue weighted by atomic mass is 10.2. The van der Waals surface area contributed by atoms with Gasteiger partial charge < -0.3 is 15.6 Å². The van der Waals surface area contributed by atoms with Crippen molar-refractivity contribution in [3.63, 3.8) is 0 Å². The molecule has 0 spiro atoms. The lowest BCUT2D eigenvalue weighted by Gasteiger charge is -2.18. The zero-order valence-corrected chi connectivity index (χ0v) is 13.8. The quantitative estimate of drug-likeness (QED) is 0.410. The van der Waals surface area contributed by atoms with E-state index < -0.39 is 24.1 Å². The van der Waals surface area contributed by atoms with Gasteiger partial charge in [0.1, 0.15) is 12.7 Å². The summed E-state index contributed by atoms with van der Waals surface area (Å²) in [5.74, 6) is 0.596. The van der Waals surface area contributed by atoms with Crippen molar-refractivity contribution in [1.82, 2.24) is 10.9 Å². The molecule has 1 unspecified atom stereocenters. The highest BCUT2D eigenvalue weighted by molar-refractivity contribution is 7.99. The molecule has 0 radical (unpaired) electrons. The van der Waals surface area contributed by atoms with E-state index in [4.69, 9.17) is 10.5 Å². The van der Waals surface area contributed by atoms with Gasteiger partial charge in [0.15, 0.2) is 0 Å². The largest absolute Gasteiger partial charge is 0.443 e. The number of hydrazine groups is 1. The van der Waals surface area contributed by atoms with E-state index in [2.05, 4.69) is 10.9 Å². The molecule has 0 saturated carbocycles. The molecular formula is C15H23N3O4S. The SMILES string of the molecule is CCCSC[C@@H](N)C(O)C(=O)NNC(=O)OCc1ccccc1. The highest BCUT2D eigenvalue weighted by Crippen LogP contribution is 2.06. The number of nitrogens with two attached hydrogens (primary N) is 1. The van der Waals surface area contributed by atoms with Crippen LogP contribution < -0.4 is 16.6 Å². The van der Waals surface area contributed by atoms with Gasteiger partial charge in [0, 0.05) is 11.8 Å². The fourth-order valence-electron chi connectivity index (χ4n) is 1.60. The molecule has 23 heavy (non-hydrogen) atoms. The number of thioether (sulfide) groups is 1. The van der Waals surface area contributed by atoms with Gasteiger partial charge in [0.05, 0.1) is 0 Å². The first-order valence-corrected chi connectivity index (χ1v) is 8.48. The summed E-state index contributed by atoms with van der Waals surface area (Å²) >= 11 is 1.56. The minimum Gasteiger partial charge on any atom is -0.443 e. The van der Waals surface area contributed by atoms with Crippen molar-refractivity contribution in [2.24, 2.45) is 5.73 Å². The molecule has 0 bridgehead atoms. The average Bonchev–Trinajstić information content (AvgIpc) is 2.58. The third-order valence-electron chi connectivity index (χ3n) is 2.83. The van der Waals surface area contributed by atoms with Crippen molar-refractivity contribution in [3.05, 3.63) is 35.9 Å². The number of hydrogen-bond acceptors (Lipinski definition) is 6. The topological polar surface area (TPSA) is 114 Å². The Morgan fingerprint density at radius 1 is 1.30 bits per heavy atom. The first kappa shape index (κ1) is 19.3. The Labute approximate surface area is 139 Å². The van der Waals surface area contributed by atoms with Gasteiger partial charge in [-0.25, -0.2) is 10.2 Å². The number of benzene rings is 1.